The minimum atomic E-state index is -0.631. The maximum atomic E-state index is 11.8. The number of carbonyl (C=O) groups is 1. The molecule has 0 aromatic heterocycles. The number of fused-ring (bicyclic) bond motifs is 1. The maximum absolute atomic E-state index is 11.8. The molecule has 1 N–H and O–H groups in total. The number of carboxylic acids is 1. The summed E-state index contributed by atoms with van der Waals surface area (Å²) < 4.78 is 0. The summed E-state index contributed by atoms with van der Waals surface area (Å²) in [6.45, 7) is 2.27. The van der Waals surface area contributed by atoms with E-state index in [0.29, 0.717) is 5.92 Å². The Bertz CT molecular complexity index is 498. The van der Waals surface area contributed by atoms with Crippen LogP contribution in [0.5, 0.6) is 0 Å². The molecule has 2 aliphatic carbocycles. The molecule has 0 amide bonds. The molecule has 1 aromatic carbocycles. The Morgan fingerprint density at radius 3 is 2.68 bits per heavy atom. The molecule has 102 valence electrons. The van der Waals surface area contributed by atoms with E-state index in [1.807, 2.05) is 0 Å². The number of carboxylic acid groups (broad SMARTS) is 1. The predicted molar refractivity (Wildman–Crippen MR) is 75.6 cm³/mol. The van der Waals surface area contributed by atoms with E-state index in [9.17, 15) is 9.90 Å². The lowest BCUT2D eigenvalue weighted by molar-refractivity contribution is -0.143. The van der Waals surface area contributed by atoms with Gasteiger partial charge in [0.2, 0.25) is 0 Å². The third-order valence-electron chi connectivity index (χ3n) is 5.18. The first-order valence-electron chi connectivity index (χ1n) is 7.50. The molecule has 0 heterocycles. The quantitative estimate of drug-likeness (QED) is 0.869. The van der Waals surface area contributed by atoms with Gasteiger partial charge >= 0.3 is 5.97 Å². The molecule has 1 saturated carbocycles. The fraction of sp³-hybridized carbons (Fsp3) is 0.588. The van der Waals surface area contributed by atoms with Crippen LogP contribution < -0.4 is 0 Å². The molecular formula is C17H22O2. The molecule has 1 unspecified atom stereocenters. The van der Waals surface area contributed by atoms with E-state index in [0.717, 1.165) is 37.7 Å². The summed E-state index contributed by atoms with van der Waals surface area (Å²) in [6, 6.07) is 6.47. The lowest BCUT2D eigenvalue weighted by Gasteiger charge is -2.28. The van der Waals surface area contributed by atoms with Gasteiger partial charge in [-0.2, -0.15) is 0 Å². The van der Waals surface area contributed by atoms with Crippen molar-refractivity contribution in [2.24, 2.45) is 0 Å². The van der Waals surface area contributed by atoms with Crippen LogP contribution >= 0.6 is 0 Å². The number of aliphatic carboxylic acids is 1. The molecular weight excluding hydrogens is 236 g/mol. The maximum Gasteiger partial charge on any atom is 0.314 e. The zero-order chi connectivity index (χ0) is 13.5. The highest BCUT2D eigenvalue weighted by Crippen LogP contribution is 2.43. The van der Waals surface area contributed by atoms with Gasteiger partial charge in [0, 0.05) is 0 Å². The van der Waals surface area contributed by atoms with E-state index in [2.05, 4.69) is 25.1 Å². The zero-order valence-corrected chi connectivity index (χ0v) is 11.6. The fourth-order valence-electron chi connectivity index (χ4n) is 3.94. The van der Waals surface area contributed by atoms with Crippen LogP contribution in [-0.2, 0) is 16.6 Å². The van der Waals surface area contributed by atoms with Crippen molar-refractivity contribution >= 4 is 5.97 Å². The molecule has 0 aliphatic heterocycles. The van der Waals surface area contributed by atoms with Gasteiger partial charge in [0.05, 0.1) is 5.41 Å². The summed E-state index contributed by atoms with van der Waals surface area (Å²) in [5, 5.41) is 9.69. The van der Waals surface area contributed by atoms with Gasteiger partial charge in [0.15, 0.2) is 0 Å². The average molecular weight is 258 g/mol. The number of benzene rings is 1. The second-order valence-corrected chi connectivity index (χ2v) is 6.30. The molecule has 3 rings (SSSR count). The first-order valence-corrected chi connectivity index (χ1v) is 7.50. The van der Waals surface area contributed by atoms with Crippen LogP contribution in [0.15, 0.2) is 18.2 Å². The first-order chi connectivity index (χ1) is 9.13. The monoisotopic (exact) mass is 258 g/mol. The molecule has 1 aromatic rings. The lowest BCUT2D eigenvalue weighted by Crippen LogP contribution is -2.32. The Morgan fingerprint density at radius 2 is 2.00 bits per heavy atom. The smallest absolute Gasteiger partial charge is 0.314 e. The molecule has 2 aliphatic rings. The minimum absolute atomic E-state index is 0.580. The van der Waals surface area contributed by atoms with E-state index >= 15 is 0 Å². The Morgan fingerprint density at radius 1 is 1.26 bits per heavy atom. The Hall–Kier alpha value is -1.31. The van der Waals surface area contributed by atoms with E-state index in [-0.39, 0.29) is 0 Å². The van der Waals surface area contributed by atoms with Crippen molar-refractivity contribution < 1.29 is 9.90 Å². The van der Waals surface area contributed by atoms with E-state index in [1.165, 1.54) is 24.0 Å². The molecule has 2 nitrogen and oxygen atoms in total. The molecule has 0 radical (unpaired) electrons. The summed E-state index contributed by atoms with van der Waals surface area (Å²) in [5.41, 5.74) is 3.27. The zero-order valence-electron chi connectivity index (χ0n) is 11.6. The van der Waals surface area contributed by atoms with Gasteiger partial charge in [-0.15, -0.1) is 0 Å². The van der Waals surface area contributed by atoms with Gasteiger partial charge in [-0.1, -0.05) is 38.0 Å². The number of hydrogen-bond donors (Lipinski definition) is 1. The standard InChI is InChI=1S/C17H22O2/c1-12-5-4-6-13-7-8-14(11-15(12)13)17(16(18)19)9-2-3-10-17/h7-8,11-12H,2-6,9-10H2,1H3,(H,18,19). The van der Waals surface area contributed by atoms with Crippen molar-refractivity contribution in [2.75, 3.05) is 0 Å². The van der Waals surface area contributed by atoms with Gasteiger partial charge in [-0.25, -0.2) is 0 Å². The van der Waals surface area contributed by atoms with Crippen molar-refractivity contribution in [1.82, 2.24) is 0 Å². The molecule has 2 heteroatoms. The summed E-state index contributed by atoms with van der Waals surface area (Å²) in [7, 11) is 0. The van der Waals surface area contributed by atoms with Crippen LogP contribution in [0.1, 0.15) is 68.1 Å². The van der Waals surface area contributed by atoms with Crippen molar-refractivity contribution in [3.05, 3.63) is 34.9 Å². The molecule has 0 saturated heterocycles. The van der Waals surface area contributed by atoms with Crippen LogP contribution in [-0.4, -0.2) is 11.1 Å². The topological polar surface area (TPSA) is 37.3 Å². The van der Waals surface area contributed by atoms with Crippen LogP contribution in [0.25, 0.3) is 0 Å². The Kier molecular flexibility index (Phi) is 3.12. The van der Waals surface area contributed by atoms with Crippen LogP contribution in [0.2, 0.25) is 0 Å². The molecule has 1 atom stereocenters. The molecule has 0 spiro atoms. The molecule has 1 fully saturated rings. The van der Waals surface area contributed by atoms with Gasteiger partial charge in [-0.3, -0.25) is 4.79 Å². The number of aryl methyl sites for hydroxylation is 1. The first kappa shape index (κ1) is 12.7. The normalized spacial score (nSPS) is 25.0. The van der Waals surface area contributed by atoms with E-state index in [4.69, 9.17) is 0 Å². The van der Waals surface area contributed by atoms with Crippen LogP contribution in [0, 0.1) is 0 Å². The van der Waals surface area contributed by atoms with Crippen molar-refractivity contribution in [1.29, 1.82) is 0 Å². The van der Waals surface area contributed by atoms with E-state index in [1.54, 1.807) is 0 Å². The highest BCUT2D eigenvalue weighted by molar-refractivity contribution is 5.82. The van der Waals surface area contributed by atoms with Crippen LogP contribution in [0.3, 0.4) is 0 Å². The van der Waals surface area contributed by atoms with Crippen molar-refractivity contribution in [2.45, 2.75) is 63.2 Å². The summed E-state index contributed by atoms with van der Waals surface area (Å²) in [6.07, 6.45) is 7.33. The third kappa shape index (κ3) is 1.98. The fourth-order valence-corrected chi connectivity index (χ4v) is 3.94. The van der Waals surface area contributed by atoms with Gasteiger partial charge in [0.25, 0.3) is 0 Å². The summed E-state index contributed by atoms with van der Waals surface area (Å²) in [5.74, 6) is -0.0515. The van der Waals surface area contributed by atoms with Gasteiger partial charge < -0.3 is 5.11 Å². The molecule has 19 heavy (non-hydrogen) atoms. The van der Waals surface area contributed by atoms with Crippen LogP contribution in [0.4, 0.5) is 0 Å². The largest absolute Gasteiger partial charge is 0.481 e. The highest BCUT2D eigenvalue weighted by Gasteiger charge is 2.43. The number of rotatable bonds is 2. The van der Waals surface area contributed by atoms with Crippen molar-refractivity contribution in [3.8, 4) is 0 Å². The highest BCUT2D eigenvalue weighted by atomic mass is 16.4. The van der Waals surface area contributed by atoms with Gasteiger partial charge in [0.1, 0.15) is 0 Å². The van der Waals surface area contributed by atoms with Crippen molar-refractivity contribution in [3.63, 3.8) is 0 Å². The van der Waals surface area contributed by atoms with E-state index < -0.39 is 11.4 Å². The SMILES string of the molecule is CC1CCCc2ccc(C3(C(=O)O)CCCC3)cc21. The number of hydrogen-bond acceptors (Lipinski definition) is 1. The third-order valence-corrected chi connectivity index (χ3v) is 5.18. The summed E-state index contributed by atoms with van der Waals surface area (Å²) in [4.78, 5) is 11.8. The minimum Gasteiger partial charge on any atom is -0.481 e. The second-order valence-electron chi connectivity index (χ2n) is 6.30. The Labute approximate surface area is 114 Å². The second kappa shape index (κ2) is 4.66. The summed E-state index contributed by atoms with van der Waals surface area (Å²) >= 11 is 0. The lowest BCUT2D eigenvalue weighted by atomic mass is 9.75. The van der Waals surface area contributed by atoms with Gasteiger partial charge in [-0.05, 0) is 54.7 Å². The average Bonchev–Trinajstić information content (AvgIpc) is 2.89. The Balaban J connectivity index is 2.05. The molecule has 0 bridgehead atoms. The predicted octanol–water partition coefficient (Wildman–Crippen LogP) is 4.02.